The van der Waals surface area contributed by atoms with Gasteiger partial charge in [-0.05, 0) is 30.5 Å². The zero-order valence-electron chi connectivity index (χ0n) is 10.5. The van der Waals surface area contributed by atoms with Crippen LogP contribution < -0.4 is 4.74 Å². The predicted octanol–water partition coefficient (Wildman–Crippen LogP) is 3.64. The molecule has 90 valence electrons. The van der Waals surface area contributed by atoms with Crippen LogP contribution in [0.4, 0.5) is 0 Å². The van der Waals surface area contributed by atoms with Gasteiger partial charge in [0.15, 0.2) is 5.78 Å². The third-order valence-electron chi connectivity index (χ3n) is 3.18. The smallest absolute Gasteiger partial charge is 0.163 e. The molecule has 1 aromatic rings. The number of carbonyl (C=O) groups is 1. The summed E-state index contributed by atoms with van der Waals surface area (Å²) in [6, 6.07) is 3.79. The molecule has 0 unspecified atom stereocenters. The molecule has 1 aromatic carbocycles. The topological polar surface area (TPSA) is 26.3 Å². The van der Waals surface area contributed by atoms with Crippen molar-refractivity contribution in [1.82, 2.24) is 0 Å². The lowest BCUT2D eigenvalue weighted by atomic mass is 10.0. The van der Waals surface area contributed by atoms with E-state index in [0.29, 0.717) is 6.42 Å². The number of carbonyl (C=O) groups excluding carboxylic acids is 1. The van der Waals surface area contributed by atoms with Crippen molar-refractivity contribution < 1.29 is 9.53 Å². The Morgan fingerprint density at radius 3 is 2.88 bits per heavy atom. The first-order valence-electron chi connectivity index (χ1n) is 6.17. The highest BCUT2D eigenvalue weighted by atomic mass is 16.5. The number of unbranched alkanes of at least 4 members (excludes halogenated alkanes) is 1. The molecule has 17 heavy (non-hydrogen) atoms. The number of allylic oxidation sites excluding steroid dienone is 1. The zero-order valence-corrected chi connectivity index (χ0v) is 10.5. The van der Waals surface area contributed by atoms with Gasteiger partial charge in [-0.25, -0.2) is 0 Å². The number of ether oxygens (including phenoxy) is 1. The van der Waals surface area contributed by atoms with E-state index in [1.54, 1.807) is 7.11 Å². The van der Waals surface area contributed by atoms with Gasteiger partial charge in [0.1, 0.15) is 5.75 Å². The first-order chi connectivity index (χ1) is 8.27. The van der Waals surface area contributed by atoms with Gasteiger partial charge in [-0.15, -0.1) is 0 Å². The molecule has 0 saturated carbocycles. The van der Waals surface area contributed by atoms with Gasteiger partial charge in [-0.1, -0.05) is 25.5 Å². The minimum Gasteiger partial charge on any atom is -0.496 e. The van der Waals surface area contributed by atoms with E-state index in [-0.39, 0.29) is 5.78 Å². The van der Waals surface area contributed by atoms with Crippen LogP contribution in [0.1, 0.15) is 47.7 Å². The van der Waals surface area contributed by atoms with Gasteiger partial charge in [-0.3, -0.25) is 4.79 Å². The molecule has 1 aliphatic carbocycles. The Bertz CT molecular complexity index is 458. The monoisotopic (exact) mass is 230 g/mol. The van der Waals surface area contributed by atoms with Crippen molar-refractivity contribution in [2.75, 3.05) is 7.11 Å². The standard InChI is InChI=1S/C15H18O2/c1-3-4-5-6-13-11-7-9-14(16)12(11)8-10-15(13)17-2/h5-6,8,10H,3-4,7,9H2,1-2H3. The van der Waals surface area contributed by atoms with E-state index in [1.807, 2.05) is 12.1 Å². The zero-order chi connectivity index (χ0) is 12.3. The molecule has 0 fully saturated rings. The van der Waals surface area contributed by atoms with E-state index in [1.165, 1.54) is 0 Å². The fourth-order valence-corrected chi connectivity index (χ4v) is 2.28. The van der Waals surface area contributed by atoms with Crippen molar-refractivity contribution in [3.63, 3.8) is 0 Å². The van der Waals surface area contributed by atoms with Crippen LogP contribution in [-0.4, -0.2) is 12.9 Å². The number of hydrogen-bond donors (Lipinski definition) is 0. The van der Waals surface area contributed by atoms with Crippen LogP contribution in [0.5, 0.6) is 5.75 Å². The number of methoxy groups -OCH3 is 1. The van der Waals surface area contributed by atoms with Crippen LogP contribution >= 0.6 is 0 Å². The fraction of sp³-hybridized carbons (Fsp3) is 0.400. The molecule has 0 bridgehead atoms. The lowest BCUT2D eigenvalue weighted by molar-refractivity contribution is 0.0994. The van der Waals surface area contributed by atoms with Crippen molar-refractivity contribution in [3.05, 3.63) is 34.9 Å². The summed E-state index contributed by atoms with van der Waals surface area (Å²) in [6.45, 7) is 2.15. The number of fused-ring (bicyclic) bond motifs is 1. The summed E-state index contributed by atoms with van der Waals surface area (Å²) in [5.41, 5.74) is 3.12. The molecule has 0 heterocycles. The average Bonchev–Trinajstić information content (AvgIpc) is 2.72. The van der Waals surface area contributed by atoms with Gasteiger partial charge in [0.2, 0.25) is 0 Å². The van der Waals surface area contributed by atoms with Gasteiger partial charge in [0, 0.05) is 17.5 Å². The molecule has 0 aromatic heterocycles. The van der Waals surface area contributed by atoms with Gasteiger partial charge in [0.25, 0.3) is 0 Å². The quantitative estimate of drug-likeness (QED) is 0.789. The Hall–Kier alpha value is -1.57. The molecule has 0 saturated heterocycles. The summed E-state index contributed by atoms with van der Waals surface area (Å²) < 4.78 is 5.37. The van der Waals surface area contributed by atoms with E-state index in [9.17, 15) is 4.79 Å². The fourth-order valence-electron chi connectivity index (χ4n) is 2.28. The first-order valence-corrected chi connectivity index (χ1v) is 6.17. The SMILES string of the molecule is CCCC=Cc1c(OC)ccc2c1CCC2=O. The van der Waals surface area contributed by atoms with E-state index >= 15 is 0 Å². The van der Waals surface area contributed by atoms with Crippen molar-refractivity contribution in [2.45, 2.75) is 32.6 Å². The number of benzene rings is 1. The Kier molecular flexibility index (Phi) is 3.62. The van der Waals surface area contributed by atoms with Crippen LogP contribution in [0.2, 0.25) is 0 Å². The molecular formula is C15H18O2. The van der Waals surface area contributed by atoms with E-state index in [4.69, 9.17) is 4.74 Å². The van der Waals surface area contributed by atoms with Gasteiger partial charge in [-0.2, -0.15) is 0 Å². The highest BCUT2D eigenvalue weighted by Gasteiger charge is 2.23. The van der Waals surface area contributed by atoms with E-state index in [0.717, 1.165) is 41.7 Å². The summed E-state index contributed by atoms with van der Waals surface area (Å²) in [7, 11) is 1.68. The second kappa shape index (κ2) is 5.17. The molecule has 2 rings (SSSR count). The average molecular weight is 230 g/mol. The number of rotatable bonds is 4. The summed E-state index contributed by atoms with van der Waals surface area (Å²) in [4.78, 5) is 11.7. The largest absolute Gasteiger partial charge is 0.496 e. The van der Waals surface area contributed by atoms with Crippen molar-refractivity contribution in [3.8, 4) is 5.75 Å². The minimum atomic E-state index is 0.257. The third kappa shape index (κ3) is 2.26. The Morgan fingerprint density at radius 2 is 2.18 bits per heavy atom. The Labute approximate surface area is 102 Å². The van der Waals surface area contributed by atoms with Crippen molar-refractivity contribution in [2.24, 2.45) is 0 Å². The maximum absolute atomic E-state index is 11.7. The van der Waals surface area contributed by atoms with Crippen LogP contribution in [0, 0.1) is 0 Å². The number of hydrogen-bond acceptors (Lipinski definition) is 2. The second-order valence-corrected chi connectivity index (χ2v) is 4.32. The van der Waals surface area contributed by atoms with Crippen molar-refractivity contribution in [1.29, 1.82) is 0 Å². The molecule has 0 atom stereocenters. The lowest BCUT2D eigenvalue weighted by Gasteiger charge is -2.09. The molecule has 0 aliphatic heterocycles. The van der Waals surface area contributed by atoms with Crippen LogP contribution in [0.25, 0.3) is 6.08 Å². The predicted molar refractivity (Wildman–Crippen MR) is 69.6 cm³/mol. The van der Waals surface area contributed by atoms with Crippen LogP contribution in [0.15, 0.2) is 18.2 Å². The molecule has 0 spiro atoms. The van der Waals surface area contributed by atoms with Gasteiger partial charge < -0.3 is 4.74 Å². The highest BCUT2D eigenvalue weighted by Crippen LogP contribution is 2.32. The maximum Gasteiger partial charge on any atom is 0.163 e. The summed E-state index contributed by atoms with van der Waals surface area (Å²) in [6.07, 6.45) is 7.92. The van der Waals surface area contributed by atoms with E-state index in [2.05, 4.69) is 19.1 Å². The molecule has 0 N–H and O–H groups in total. The molecule has 2 nitrogen and oxygen atoms in total. The summed E-state index contributed by atoms with van der Waals surface area (Å²) in [5, 5.41) is 0. The molecule has 2 heteroatoms. The number of Topliss-reactive ketones (excluding diaryl/α,β-unsaturated/α-hetero) is 1. The lowest BCUT2D eigenvalue weighted by Crippen LogP contribution is -1.95. The van der Waals surface area contributed by atoms with Crippen LogP contribution in [0.3, 0.4) is 0 Å². The number of ketones is 1. The van der Waals surface area contributed by atoms with Gasteiger partial charge in [0.05, 0.1) is 7.11 Å². The molecule has 1 aliphatic rings. The summed E-state index contributed by atoms with van der Waals surface area (Å²) in [5.74, 6) is 1.12. The highest BCUT2D eigenvalue weighted by molar-refractivity contribution is 6.01. The van der Waals surface area contributed by atoms with Gasteiger partial charge >= 0.3 is 0 Å². The minimum absolute atomic E-state index is 0.257. The normalized spacial score (nSPS) is 14.4. The molecule has 0 radical (unpaired) electrons. The first kappa shape index (κ1) is 11.9. The Morgan fingerprint density at radius 1 is 1.35 bits per heavy atom. The summed E-state index contributed by atoms with van der Waals surface area (Å²) >= 11 is 0. The van der Waals surface area contributed by atoms with Crippen molar-refractivity contribution >= 4 is 11.9 Å². The molecular weight excluding hydrogens is 212 g/mol. The van der Waals surface area contributed by atoms with E-state index < -0.39 is 0 Å². The molecule has 0 amide bonds. The Balaban J connectivity index is 2.43. The maximum atomic E-state index is 11.7. The third-order valence-corrected chi connectivity index (χ3v) is 3.18. The van der Waals surface area contributed by atoms with Crippen LogP contribution in [-0.2, 0) is 6.42 Å². The second-order valence-electron chi connectivity index (χ2n) is 4.32.